The molecule has 0 aliphatic carbocycles. The average Bonchev–Trinajstić information content (AvgIpc) is 2.60. The summed E-state index contributed by atoms with van der Waals surface area (Å²) in [6.07, 6.45) is 0. The van der Waals surface area contributed by atoms with Crippen molar-refractivity contribution in [3.63, 3.8) is 0 Å². The van der Waals surface area contributed by atoms with Gasteiger partial charge in [0.05, 0.1) is 25.0 Å². The summed E-state index contributed by atoms with van der Waals surface area (Å²) in [4.78, 5) is 25.0. The Bertz CT molecular complexity index is 1120. The average molecular weight is 324 g/mol. The fourth-order valence-corrected chi connectivity index (χ4v) is 2.84. The second-order valence-corrected chi connectivity index (χ2v) is 5.25. The molecule has 0 bridgehead atoms. The van der Waals surface area contributed by atoms with Crippen molar-refractivity contribution in [3.05, 3.63) is 57.2 Å². The van der Waals surface area contributed by atoms with Gasteiger partial charge in [0.2, 0.25) is 0 Å². The monoisotopic (exact) mass is 324 g/mol. The molecule has 24 heavy (non-hydrogen) atoms. The van der Waals surface area contributed by atoms with Gasteiger partial charge in [0.25, 0.3) is 0 Å². The molecular weight excluding hydrogens is 312 g/mol. The van der Waals surface area contributed by atoms with Gasteiger partial charge in [-0.3, -0.25) is 0 Å². The first-order valence-corrected chi connectivity index (χ1v) is 7.18. The van der Waals surface area contributed by atoms with Gasteiger partial charge >= 0.3 is 11.3 Å². The van der Waals surface area contributed by atoms with Crippen molar-refractivity contribution in [2.45, 2.75) is 0 Å². The molecule has 0 saturated carbocycles. The van der Waals surface area contributed by atoms with Crippen molar-refractivity contribution in [1.29, 1.82) is 0 Å². The first-order chi connectivity index (χ1) is 11.6. The van der Waals surface area contributed by atoms with Crippen molar-refractivity contribution >= 4 is 32.7 Å². The molecule has 0 aliphatic rings. The van der Waals surface area contributed by atoms with Crippen LogP contribution < -0.4 is 20.7 Å². The van der Waals surface area contributed by atoms with E-state index >= 15 is 0 Å². The van der Waals surface area contributed by atoms with Crippen LogP contribution in [-0.4, -0.2) is 14.2 Å². The van der Waals surface area contributed by atoms with E-state index in [2.05, 4.69) is 0 Å². The highest BCUT2D eigenvalue weighted by Crippen LogP contribution is 2.29. The smallest absolute Gasteiger partial charge is 0.345 e. The number of fused-ring (bicyclic) bond motifs is 5. The SMILES string of the molecule is COc1ccc2c(c1)oc(=O)c1c3ccc(OC)cc3oc(=O)c21. The summed E-state index contributed by atoms with van der Waals surface area (Å²) in [7, 11) is 3.02. The van der Waals surface area contributed by atoms with Gasteiger partial charge in [0.15, 0.2) is 0 Å². The summed E-state index contributed by atoms with van der Waals surface area (Å²) in [5.74, 6) is 1.06. The Morgan fingerprint density at radius 1 is 0.708 bits per heavy atom. The maximum Gasteiger partial charge on any atom is 0.345 e. The van der Waals surface area contributed by atoms with E-state index in [4.69, 9.17) is 18.3 Å². The molecule has 4 rings (SSSR count). The minimum Gasteiger partial charge on any atom is -0.497 e. The van der Waals surface area contributed by atoms with Crippen LogP contribution in [0.15, 0.2) is 54.8 Å². The molecule has 6 heteroatoms. The second kappa shape index (κ2) is 5.13. The first-order valence-electron chi connectivity index (χ1n) is 7.18. The van der Waals surface area contributed by atoms with Crippen molar-refractivity contribution in [3.8, 4) is 11.5 Å². The van der Waals surface area contributed by atoms with E-state index < -0.39 is 11.3 Å². The number of ether oxygens (including phenoxy) is 2. The predicted molar refractivity (Wildman–Crippen MR) is 89.1 cm³/mol. The zero-order chi connectivity index (χ0) is 16.8. The highest BCUT2D eigenvalue weighted by atomic mass is 16.5. The van der Waals surface area contributed by atoms with Crippen LogP contribution >= 0.6 is 0 Å². The standard InChI is InChI=1S/C18H12O6/c1-21-9-3-5-11-13(7-9)23-17(19)16-12-6-4-10(22-2)8-14(12)24-18(20)15(11)16/h3-8H,1-2H3. The highest BCUT2D eigenvalue weighted by molar-refractivity contribution is 6.13. The molecule has 0 aliphatic heterocycles. The Kier molecular flexibility index (Phi) is 3.06. The number of benzene rings is 2. The van der Waals surface area contributed by atoms with Crippen molar-refractivity contribution in [2.75, 3.05) is 14.2 Å². The Morgan fingerprint density at radius 3 is 1.50 bits per heavy atom. The number of rotatable bonds is 2. The third-order valence-corrected chi connectivity index (χ3v) is 3.98. The molecule has 2 heterocycles. The number of hydrogen-bond donors (Lipinski definition) is 0. The lowest BCUT2D eigenvalue weighted by molar-refractivity contribution is 0.413. The molecule has 2 aromatic carbocycles. The predicted octanol–water partition coefficient (Wildman–Crippen LogP) is 3.07. The minimum atomic E-state index is -0.603. The number of hydrogen-bond acceptors (Lipinski definition) is 6. The molecule has 0 fully saturated rings. The van der Waals surface area contributed by atoms with Crippen LogP contribution in [0.1, 0.15) is 0 Å². The van der Waals surface area contributed by atoms with Crippen LogP contribution in [0.3, 0.4) is 0 Å². The first kappa shape index (κ1) is 14.3. The molecule has 0 spiro atoms. The summed E-state index contributed by atoms with van der Waals surface area (Å²) in [6, 6.07) is 9.86. The van der Waals surface area contributed by atoms with E-state index in [0.29, 0.717) is 22.3 Å². The molecule has 0 amide bonds. The van der Waals surface area contributed by atoms with E-state index in [1.54, 1.807) is 36.4 Å². The third kappa shape index (κ3) is 1.96. The van der Waals surface area contributed by atoms with E-state index in [1.165, 1.54) is 14.2 Å². The van der Waals surface area contributed by atoms with Gasteiger partial charge in [-0.2, -0.15) is 0 Å². The van der Waals surface area contributed by atoms with Crippen molar-refractivity contribution in [2.24, 2.45) is 0 Å². The quantitative estimate of drug-likeness (QED) is 0.416. The van der Waals surface area contributed by atoms with Gasteiger partial charge in [-0.1, -0.05) is 0 Å². The molecule has 0 atom stereocenters. The summed E-state index contributed by atoms with van der Waals surface area (Å²) in [5.41, 5.74) is -0.665. The molecule has 6 nitrogen and oxygen atoms in total. The fourth-order valence-electron chi connectivity index (χ4n) is 2.84. The van der Waals surface area contributed by atoms with Gasteiger partial charge in [-0.15, -0.1) is 0 Å². The van der Waals surface area contributed by atoms with Crippen LogP contribution in [0.25, 0.3) is 32.7 Å². The van der Waals surface area contributed by atoms with Crippen LogP contribution in [0.4, 0.5) is 0 Å². The minimum absolute atomic E-state index is 0.196. The van der Waals surface area contributed by atoms with Crippen LogP contribution in [0, 0.1) is 0 Å². The normalized spacial score (nSPS) is 11.2. The topological polar surface area (TPSA) is 78.9 Å². The lowest BCUT2D eigenvalue weighted by Gasteiger charge is -2.07. The van der Waals surface area contributed by atoms with Crippen molar-refractivity contribution in [1.82, 2.24) is 0 Å². The van der Waals surface area contributed by atoms with E-state index in [1.807, 2.05) is 0 Å². The Morgan fingerprint density at radius 2 is 1.12 bits per heavy atom. The number of methoxy groups -OCH3 is 2. The summed E-state index contributed by atoms with van der Waals surface area (Å²) in [5, 5.41) is 1.39. The van der Waals surface area contributed by atoms with Crippen LogP contribution in [-0.2, 0) is 0 Å². The summed E-state index contributed by atoms with van der Waals surface area (Å²) in [6.45, 7) is 0. The molecule has 2 aromatic heterocycles. The van der Waals surface area contributed by atoms with Gasteiger partial charge in [-0.25, -0.2) is 9.59 Å². The molecule has 4 aromatic rings. The molecule has 0 saturated heterocycles. The van der Waals surface area contributed by atoms with Crippen LogP contribution in [0.5, 0.6) is 11.5 Å². The molecular formula is C18H12O6. The molecule has 120 valence electrons. The lowest BCUT2D eigenvalue weighted by Crippen LogP contribution is -2.09. The van der Waals surface area contributed by atoms with Crippen LogP contribution in [0.2, 0.25) is 0 Å². The fraction of sp³-hybridized carbons (Fsp3) is 0.111. The maximum atomic E-state index is 12.5. The van der Waals surface area contributed by atoms with Crippen molar-refractivity contribution < 1.29 is 18.3 Å². The lowest BCUT2D eigenvalue weighted by atomic mass is 10.1. The van der Waals surface area contributed by atoms with Gasteiger partial charge < -0.3 is 18.3 Å². The Hall–Kier alpha value is -3.28. The second-order valence-electron chi connectivity index (χ2n) is 5.25. The Labute approximate surface area is 134 Å². The third-order valence-electron chi connectivity index (χ3n) is 3.98. The van der Waals surface area contributed by atoms with E-state index in [9.17, 15) is 9.59 Å². The molecule has 0 N–H and O–H groups in total. The van der Waals surface area contributed by atoms with Gasteiger partial charge in [-0.05, 0) is 24.3 Å². The Balaban J connectivity index is 2.25. The summed E-state index contributed by atoms with van der Waals surface area (Å²) < 4.78 is 21.0. The van der Waals surface area contributed by atoms with E-state index in [0.717, 1.165) is 0 Å². The maximum absolute atomic E-state index is 12.5. The zero-order valence-electron chi connectivity index (χ0n) is 12.9. The summed E-state index contributed by atoms with van der Waals surface area (Å²) >= 11 is 0. The largest absolute Gasteiger partial charge is 0.497 e. The highest BCUT2D eigenvalue weighted by Gasteiger charge is 2.17. The van der Waals surface area contributed by atoms with Gasteiger partial charge in [0, 0.05) is 22.9 Å². The van der Waals surface area contributed by atoms with Gasteiger partial charge in [0.1, 0.15) is 22.7 Å². The zero-order valence-corrected chi connectivity index (χ0v) is 12.9. The molecule has 0 unspecified atom stereocenters. The van der Waals surface area contributed by atoms with E-state index in [-0.39, 0.29) is 21.9 Å². The molecule has 0 radical (unpaired) electrons.